The lowest BCUT2D eigenvalue weighted by Gasteiger charge is -2.14. The van der Waals surface area contributed by atoms with Crippen molar-refractivity contribution in [1.29, 1.82) is 0 Å². The molecule has 0 aliphatic rings. The molecule has 0 atom stereocenters. The van der Waals surface area contributed by atoms with Gasteiger partial charge in [-0.1, -0.05) is 17.7 Å². The zero-order chi connectivity index (χ0) is 23.4. The van der Waals surface area contributed by atoms with Crippen molar-refractivity contribution in [3.8, 4) is 22.9 Å². The van der Waals surface area contributed by atoms with Gasteiger partial charge in [0.25, 0.3) is 0 Å². The summed E-state index contributed by atoms with van der Waals surface area (Å²) in [5.41, 5.74) is 5.75. The van der Waals surface area contributed by atoms with E-state index >= 15 is 0 Å². The first kappa shape index (κ1) is 23.2. The third kappa shape index (κ3) is 4.43. The van der Waals surface area contributed by atoms with E-state index in [-0.39, 0.29) is 0 Å². The Hall–Kier alpha value is -3.45. The van der Waals surface area contributed by atoms with Gasteiger partial charge in [-0.25, -0.2) is 4.79 Å². The van der Waals surface area contributed by atoms with E-state index in [4.69, 9.17) is 14.2 Å². The van der Waals surface area contributed by atoms with Crippen molar-refractivity contribution < 1.29 is 24.1 Å². The molecule has 2 N–H and O–H groups in total. The van der Waals surface area contributed by atoms with Crippen molar-refractivity contribution in [2.24, 2.45) is 0 Å². The van der Waals surface area contributed by atoms with E-state index in [2.05, 4.69) is 5.32 Å². The number of carbonyl (C=O) groups is 1. The lowest BCUT2D eigenvalue weighted by molar-refractivity contribution is 0.0695. The minimum atomic E-state index is -0.930. The maximum absolute atomic E-state index is 12.1. The second-order valence-corrected chi connectivity index (χ2v) is 7.64. The largest absolute Gasteiger partial charge is 0.493 e. The van der Waals surface area contributed by atoms with Crippen LogP contribution in [0.1, 0.15) is 38.4 Å². The highest BCUT2D eigenvalue weighted by molar-refractivity contribution is 5.91. The van der Waals surface area contributed by atoms with Crippen LogP contribution in [0.2, 0.25) is 0 Å². The number of hydrogen-bond donors (Lipinski definition) is 2. The van der Waals surface area contributed by atoms with Crippen LogP contribution in [0, 0.1) is 20.8 Å². The van der Waals surface area contributed by atoms with E-state index in [1.54, 1.807) is 21.3 Å². The molecule has 0 saturated heterocycles. The molecule has 0 unspecified atom stereocenters. The topological polar surface area (TPSA) is 82.0 Å². The van der Waals surface area contributed by atoms with Gasteiger partial charge < -0.3 is 29.2 Å². The Labute approximate surface area is 188 Å². The molecule has 7 heteroatoms. The summed E-state index contributed by atoms with van der Waals surface area (Å²) in [4.78, 5) is 12.1. The predicted molar refractivity (Wildman–Crippen MR) is 124 cm³/mol. The Morgan fingerprint density at radius 2 is 1.50 bits per heavy atom. The molecule has 0 radical (unpaired) electrons. The maximum Gasteiger partial charge on any atom is 0.337 e. The summed E-state index contributed by atoms with van der Waals surface area (Å²) in [6.07, 6.45) is 0. The fourth-order valence-corrected chi connectivity index (χ4v) is 4.05. The number of benzene rings is 2. The Balaban J connectivity index is 1.89. The molecule has 1 aromatic heterocycles. The van der Waals surface area contributed by atoms with Gasteiger partial charge in [0.1, 0.15) is 0 Å². The first-order chi connectivity index (χ1) is 15.3. The average Bonchev–Trinajstić information content (AvgIpc) is 3.03. The fraction of sp³-hybridized carbons (Fsp3) is 0.320. The lowest BCUT2D eigenvalue weighted by atomic mass is 10.1. The van der Waals surface area contributed by atoms with Crippen molar-refractivity contribution in [2.45, 2.75) is 33.9 Å². The van der Waals surface area contributed by atoms with E-state index in [0.717, 1.165) is 28.1 Å². The van der Waals surface area contributed by atoms with Crippen molar-refractivity contribution in [1.82, 2.24) is 9.88 Å². The molecule has 2 aromatic carbocycles. The van der Waals surface area contributed by atoms with E-state index in [1.165, 1.54) is 0 Å². The maximum atomic E-state index is 12.1. The van der Waals surface area contributed by atoms with Crippen molar-refractivity contribution in [3.63, 3.8) is 0 Å². The number of nitrogens with zero attached hydrogens (tertiary/aromatic N) is 1. The van der Waals surface area contributed by atoms with Crippen LogP contribution in [0.5, 0.6) is 17.2 Å². The molecule has 0 aliphatic heterocycles. The van der Waals surface area contributed by atoms with Crippen LogP contribution < -0.4 is 19.5 Å². The van der Waals surface area contributed by atoms with E-state index in [9.17, 15) is 9.90 Å². The molecule has 1 heterocycles. The number of nitrogens with one attached hydrogen (secondary N) is 1. The zero-order valence-electron chi connectivity index (χ0n) is 19.4. The Morgan fingerprint density at radius 3 is 2.00 bits per heavy atom. The third-order valence-corrected chi connectivity index (χ3v) is 5.63. The Morgan fingerprint density at radius 1 is 0.906 bits per heavy atom. The molecule has 0 aliphatic carbocycles. The number of ether oxygens (including phenoxy) is 3. The van der Waals surface area contributed by atoms with Crippen LogP contribution in [-0.2, 0) is 13.1 Å². The number of methoxy groups -OCH3 is 3. The summed E-state index contributed by atoms with van der Waals surface area (Å²) in [5.74, 6) is 0.759. The van der Waals surface area contributed by atoms with Gasteiger partial charge in [-0.2, -0.15) is 0 Å². The summed E-state index contributed by atoms with van der Waals surface area (Å²) < 4.78 is 18.2. The first-order valence-corrected chi connectivity index (χ1v) is 10.3. The standard InChI is InChI=1S/C25H30N2O5/c1-15-7-9-19(10-8-15)27-16(2)20(23(17(27)3)25(28)29)14-26-13-18-11-21(30-4)24(32-6)22(12-18)31-5/h7-12,26H,13-14H2,1-6H3,(H,28,29). The lowest BCUT2D eigenvalue weighted by Crippen LogP contribution is -2.16. The molecular formula is C25H30N2O5. The number of aromatic nitrogens is 1. The molecule has 7 nitrogen and oxygen atoms in total. The van der Waals surface area contributed by atoms with Gasteiger partial charge in [-0.15, -0.1) is 0 Å². The monoisotopic (exact) mass is 438 g/mol. The molecular weight excluding hydrogens is 408 g/mol. The SMILES string of the molecule is COc1cc(CNCc2c(C(=O)O)c(C)n(-c3ccc(C)cc3)c2C)cc(OC)c1OC. The number of aryl methyl sites for hydroxylation is 1. The molecule has 3 rings (SSSR count). The number of aromatic carboxylic acids is 1. The molecule has 0 amide bonds. The van der Waals surface area contributed by atoms with Gasteiger partial charge in [0, 0.05) is 35.7 Å². The second-order valence-electron chi connectivity index (χ2n) is 7.64. The number of rotatable bonds is 9. The average molecular weight is 439 g/mol. The first-order valence-electron chi connectivity index (χ1n) is 10.3. The summed E-state index contributed by atoms with van der Waals surface area (Å²) in [6.45, 7) is 6.74. The molecule has 3 aromatic rings. The van der Waals surface area contributed by atoms with Gasteiger partial charge >= 0.3 is 5.97 Å². The molecule has 0 bridgehead atoms. The zero-order valence-corrected chi connectivity index (χ0v) is 19.4. The van der Waals surface area contributed by atoms with E-state index in [1.807, 2.05) is 61.7 Å². The molecule has 32 heavy (non-hydrogen) atoms. The van der Waals surface area contributed by atoms with Crippen LogP contribution in [0.4, 0.5) is 0 Å². The van der Waals surface area contributed by atoms with Crippen LogP contribution >= 0.6 is 0 Å². The van der Waals surface area contributed by atoms with E-state index < -0.39 is 5.97 Å². The van der Waals surface area contributed by atoms with Crippen LogP contribution in [0.3, 0.4) is 0 Å². The predicted octanol–water partition coefficient (Wildman–Crippen LogP) is 4.42. The number of carboxylic acid groups (broad SMARTS) is 1. The van der Waals surface area contributed by atoms with Gasteiger partial charge in [-0.3, -0.25) is 0 Å². The Bertz CT molecular complexity index is 1090. The fourth-order valence-electron chi connectivity index (χ4n) is 4.05. The molecule has 0 fully saturated rings. The number of hydrogen-bond acceptors (Lipinski definition) is 5. The molecule has 170 valence electrons. The van der Waals surface area contributed by atoms with Crippen molar-refractivity contribution in [3.05, 3.63) is 70.0 Å². The van der Waals surface area contributed by atoms with Gasteiger partial charge in [-0.05, 0) is 50.6 Å². The number of carboxylic acids is 1. The summed E-state index contributed by atoms with van der Waals surface area (Å²) in [6, 6.07) is 11.8. The van der Waals surface area contributed by atoms with Crippen molar-refractivity contribution in [2.75, 3.05) is 21.3 Å². The second kappa shape index (κ2) is 9.78. The summed E-state index contributed by atoms with van der Waals surface area (Å²) >= 11 is 0. The van der Waals surface area contributed by atoms with Gasteiger partial charge in [0.05, 0.1) is 26.9 Å². The minimum Gasteiger partial charge on any atom is -0.493 e. The summed E-state index contributed by atoms with van der Waals surface area (Å²) in [5, 5.41) is 13.3. The van der Waals surface area contributed by atoms with Gasteiger partial charge in [0.15, 0.2) is 11.5 Å². The molecule has 0 saturated carbocycles. The van der Waals surface area contributed by atoms with Crippen LogP contribution in [0.15, 0.2) is 36.4 Å². The minimum absolute atomic E-state index is 0.334. The van der Waals surface area contributed by atoms with Crippen LogP contribution in [0.25, 0.3) is 5.69 Å². The normalized spacial score (nSPS) is 10.8. The van der Waals surface area contributed by atoms with Gasteiger partial charge in [0.2, 0.25) is 5.75 Å². The summed E-state index contributed by atoms with van der Waals surface area (Å²) in [7, 11) is 4.72. The highest BCUT2D eigenvalue weighted by Crippen LogP contribution is 2.38. The quantitative estimate of drug-likeness (QED) is 0.515. The van der Waals surface area contributed by atoms with E-state index in [0.29, 0.717) is 41.6 Å². The highest BCUT2D eigenvalue weighted by atomic mass is 16.5. The Kier molecular flexibility index (Phi) is 7.10. The third-order valence-electron chi connectivity index (χ3n) is 5.63. The highest BCUT2D eigenvalue weighted by Gasteiger charge is 2.23. The van der Waals surface area contributed by atoms with Crippen LogP contribution in [-0.4, -0.2) is 37.0 Å². The van der Waals surface area contributed by atoms with Crippen molar-refractivity contribution >= 4 is 5.97 Å². The smallest absolute Gasteiger partial charge is 0.337 e. The molecule has 0 spiro atoms.